The first kappa shape index (κ1) is 19.6. The Bertz CT molecular complexity index is 980. The lowest BCUT2D eigenvalue weighted by molar-refractivity contribution is -0.129. The highest BCUT2D eigenvalue weighted by Crippen LogP contribution is 2.36. The zero-order valence-electron chi connectivity index (χ0n) is 15.6. The SMILES string of the molecule is CCN1C(=O)C[C@H](C(=O)Nc2ccc(Cl)cc2)SC1=Nc1ccc2c(c1)OCO2. The standard InChI is InChI=1S/C20H18ClN3O4S/c1-2-24-18(25)10-17(19(26)22-13-5-3-12(21)4-6-13)29-20(24)23-14-7-8-15-16(9-14)28-11-27-15/h3-9,17H,2,10-11H2,1H3,(H,22,26)/t17-/m1/s1. The summed E-state index contributed by atoms with van der Waals surface area (Å²) in [4.78, 5) is 31.5. The van der Waals surface area contributed by atoms with Crippen LogP contribution in [0, 0.1) is 0 Å². The van der Waals surface area contributed by atoms with Crippen LogP contribution in [0.2, 0.25) is 5.02 Å². The molecule has 9 heteroatoms. The highest BCUT2D eigenvalue weighted by molar-refractivity contribution is 8.15. The number of carbonyl (C=O) groups is 2. The molecule has 1 N–H and O–H groups in total. The van der Waals surface area contributed by atoms with Gasteiger partial charge in [0.2, 0.25) is 18.6 Å². The molecule has 1 saturated heterocycles. The molecule has 0 radical (unpaired) electrons. The van der Waals surface area contributed by atoms with Gasteiger partial charge in [0.25, 0.3) is 0 Å². The number of rotatable bonds is 4. The Kier molecular flexibility index (Phi) is 5.64. The van der Waals surface area contributed by atoms with E-state index in [4.69, 9.17) is 21.1 Å². The largest absolute Gasteiger partial charge is 0.454 e. The second-order valence-electron chi connectivity index (χ2n) is 6.38. The zero-order valence-corrected chi connectivity index (χ0v) is 17.1. The number of amides is 2. The Morgan fingerprint density at radius 1 is 1.24 bits per heavy atom. The molecule has 2 amide bonds. The van der Waals surface area contributed by atoms with E-state index < -0.39 is 5.25 Å². The maximum absolute atomic E-state index is 12.7. The summed E-state index contributed by atoms with van der Waals surface area (Å²) in [6, 6.07) is 12.1. The maximum atomic E-state index is 12.7. The first-order valence-electron chi connectivity index (χ1n) is 9.05. The Morgan fingerprint density at radius 2 is 2.00 bits per heavy atom. The van der Waals surface area contributed by atoms with Crippen molar-refractivity contribution in [2.45, 2.75) is 18.6 Å². The molecular weight excluding hydrogens is 414 g/mol. The number of fused-ring (bicyclic) bond motifs is 1. The lowest BCUT2D eigenvalue weighted by Crippen LogP contribution is -2.45. The van der Waals surface area contributed by atoms with Gasteiger partial charge in [0.1, 0.15) is 5.25 Å². The van der Waals surface area contributed by atoms with Gasteiger partial charge in [0.15, 0.2) is 16.7 Å². The van der Waals surface area contributed by atoms with Gasteiger partial charge in [0.05, 0.1) is 5.69 Å². The Labute approximate surface area is 177 Å². The van der Waals surface area contributed by atoms with E-state index in [1.165, 1.54) is 11.8 Å². The van der Waals surface area contributed by atoms with Crippen molar-refractivity contribution in [3.05, 3.63) is 47.5 Å². The van der Waals surface area contributed by atoms with Crippen LogP contribution in [0.25, 0.3) is 0 Å². The second-order valence-corrected chi connectivity index (χ2v) is 7.98. The first-order valence-corrected chi connectivity index (χ1v) is 10.3. The van der Waals surface area contributed by atoms with E-state index in [9.17, 15) is 9.59 Å². The summed E-state index contributed by atoms with van der Waals surface area (Å²) >= 11 is 7.15. The molecule has 4 rings (SSSR count). The molecule has 2 aliphatic heterocycles. The molecule has 2 heterocycles. The third-order valence-corrected chi connectivity index (χ3v) is 5.88. The predicted molar refractivity (Wildman–Crippen MR) is 113 cm³/mol. The van der Waals surface area contributed by atoms with Crippen molar-refractivity contribution in [2.75, 3.05) is 18.7 Å². The van der Waals surface area contributed by atoms with Crippen molar-refractivity contribution < 1.29 is 19.1 Å². The number of benzene rings is 2. The maximum Gasteiger partial charge on any atom is 0.238 e. The van der Waals surface area contributed by atoms with E-state index in [1.54, 1.807) is 47.4 Å². The van der Waals surface area contributed by atoms with Crippen LogP contribution < -0.4 is 14.8 Å². The van der Waals surface area contributed by atoms with Gasteiger partial charge in [-0.1, -0.05) is 23.4 Å². The number of ether oxygens (including phenoxy) is 2. The fraction of sp³-hybridized carbons (Fsp3) is 0.250. The average Bonchev–Trinajstić information content (AvgIpc) is 3.17. The molecule has 0 bridgehead atoms. The summed E-state index contributed by atoms with van der Waals surface area (Å²) in [5, 5.41) is 3.32. The third kappa shape index (κ3) is 4.33. The number of nitrogens with one attached hydrogen (secondary N) is 1. The number of hydrogen-bond acceptors (Lipinski definition) is 6. The van der Waals surface area contributed by atoms with E-state index in [0.717, 1.165) is 0 Å². The van der Waals surface area contributed by atoms with Gasteiger partial charge < -0.3 is 14.8 Å². The number of thioether (sulfide) groups is 1. The Morgan fingerprint density at radius 3 is 2.76 bits per heavy atom. The number of hydrogen-bond donors (Lipinski definition) is 1. The Balaban J connectivity index is 1.55. The summed E-state index contributed by atoms with van der Waals surface area (Å²) < 4.78 is 10.7. The van der Waals surface area contributed by atoms with Crippen LogP contribution in [0.1, 0.15) is 13.3 Å². The number of carbonyl (C=O) groups excluding carboxylic acids is 2. The van der Waals surface area contributed by atoms with E-state index >= 15 is 0 Å². The van der Waals surface area contributed by atoms with Crippen LogP contribution in [0.4, 0.5) is 11.4 Å². The van der Waals surface area contributed by atoms with Crippen LogP contribution >= 0.6 is 23.4 Å². The average molecular weight is 432 g/mol. The van der Waals surface area contributed by atoms with E-state index in [0.29, 0.717) is 39.6 Å². The van der Waals surface area contributed by atoms with Crippen molar-refractivity contribution >= 4 is 51.7 Å². The minimum absolute atomic E-state index is 0.109. The number of aliphatic imine (C=N–C) groups is 1. The van der Waals surface area contributed by atoms with Crippen molar-refractivity contribution in [1.82, 2.24) is 4.90 Å². The molecule has 7 nitrogen and oxygen atoms in total. The number of amidine groups is 1. The minimum atomic E-state index is -0.575. The molecule has 2 aromatic rings. The fourth-order valence-electron chi connectivity index (χ4n) is 2.97. The van der Waals surface area contributed by atoms with Gasteiger partial charge in [-0.3, -0.25) is 14.5 Å². The summed E-state index contributed by atoms with van der Waals surface area (Å²) in [5.41, 5.74) is 1.25. The van der Waals surface area contributed by atoms with Gasteiger partial charge in [-0.2, -0.15) is 0 Å². The lowest BCUT2D eigenvalue weighted by atomic mass is 10.2. The quantitative estimate of drug-likeness (QED) is 0.789. The zero-order chi connectivity index (χ0) is 20.4. The molecule has 1 atom stereocenters. The van der Waals surface area contributed by atoms with Crippen molar-refractivity contribution in [2.24, 2.45) is 4.99 Å². The summed E-state index contributed by atoms with van der Waals surface area (Å²) in [5.74, 6) is 0.884. The van der Waals surface area contributed by atoms with E-state index in [1.807, 2.05) is 6.92 Å². The molecule has 0 unspecified atom stereocenters. The van der Waals surface area contributed by atoms with Gasteiger partial charge in [-0.05, 0) is 43.3 Å². The van der Waals surface area contributed by atoms with Crippen LogP contribution in [-0.4, -0.2) is 40.5 Å². The molecule has 2 aromatic carbocycles. The van der Waals surface area contributed by atoms with Gasteiger partial charge in [-0.25, -0.2) is 4.99 Å². The topological polar surface area (TPSA) is 80.2 Å². The van der Waals surface area contributed by atoms with Crippen molar-refractivity contribution in [1.29, 1.82) is 0 Å². The molecule has 0 spiro atoms. The Hall–Kier alpha value is -2.71. The van der Waals surface area contributed by atoms with Crippen LogP contribution in [0.3, 0.4) is 0 Å². The summed E-state index contributed by atoms with van der Waals surface area (Å²) in [6.45, 7) is 2.53. The molecule has 29 heavy (non-hydrogen) atoms. The lowest BCUT2D eigenvalue weighted by Gasteiger charge is -2.30. The minimum Gasteiger partial charge on any atom is -0.454 e. The normalized spacial score (nSPS) is 19.5. The number of nitrogens with zero attached hydrogens (tertiary/aromatic N) is 2. The molecule has 1 fully saturated rings. The molecular formula is C20H18ClN3O4S. The molecule has 0 saturated carbocycles. The van der Waals surface area contributed by atoms with Gasteiger partial charge >= 0.3 is 0 Å². The van der Waals surface area contributed by atoms with Crippen molar-refractivity contribution in [3.8, 4) is 11.5 Å². The summed E-state index contributed by atoms with van der Waals surface area (Å²) in [6.07, 6.45) is 0.109. The molecule has 0 aliphatic carbocycles. The van der Waals surface area contributed by atoms with E-state index in [-0.39, 0.29) is 25.0 Å². The van der Waals surface area contributed by atoms with Gasteiger partial charge in [-0.15, -0.1) is 0 Å². The predicted octanol–water partition coefficient (Wildman–Crippen LogP) is 4.05. The van der Waals surface area contributed by atoms with Crippen LogP contribution in [0.5, 0.6) is 11.5 Å². The number of anilines is 1. The van der Waals surface area contributed by atoms with E-state index in [2.05, 4.69) is 10.3 Å². The third-order valence-electron chi connectivity index (χ3n) is 4.44. The molecule has 150 valence electrons. The second kappa shape index (κ2) is 8.34. The number of halogens is 1. The van der Waals surface area contributed by atoms with Gasteiger partial charge in [0, 0.05) is 29.7 Å². The van der Waals surface area contributed by atoms with Crippen LogP contribution in [-0.2, 0) is 9.59 Å². The molecule has 2 aliphatic rings. The smallest absolute Gasteiger partial charge is 0.238 e. The highest BCUT2D eigenvalue weighted by atomic mass is 35.5. The fourth-order valence-corrected chi connectivity index (χ4v) is 4.26. The highest BCUT2D eigenvalue weighted by Gasteiger charge is 2.35. The first-order chi connectivity index (χ1) is 14.0. The molecule has 0 aromatic heterocycles. The summed E-state index contributed by atoms with van der Waals surface area (Å²) in [7, 11) is 0. The van der Waals surface area contributed by atoms with Crippen LogP contribution in [0.15, 0.2) is 47.5 Å². The van der Waals surface area contributed by atoms with Crippen molar-refractivity contribution in [3.63, 3.8) is 0 Å². The monoisotopic (exact) mass is 431 g/mol.